The third-order valence-electron chi connectivity index (χ3n) is 4.44. The van der Waals surface area contributed by atoms with Gasteiger partial charge in [-0.25, -0.2) is 4.79 Å². The summed E-state index contributed by atoms with van der Waals surface area (Å²) < 4.78 is 5.74. The molecule has 0 aliphatic rings. The van der Waals surface area contributed by atoms with Crippen molar-refractivity contribution in [2.24, 2.45) is 0 Å². The molecule has 7 heteroatoms. The number of hydrogen-bond donors (Lipinski definition) is 2. The minimum Gasteiger partial charge on any atom is -0.480 e. The van der Waals surface area contributed by atoms with Crippen molar-refractivity contribution in [1.29, 1.82) is 0 Å². The number of carboxylic acid groups (broad SMARTS) is 1. The number of carbonyl (C=O) groups is 3. The van der Waals surface area contributed by atoms with E-state index in [1.165, 1.54) is 11.3 Å². The van der Waals surface area contributed by atoms with E-state index in [2.05, 4.69) is 5.32 Å². The Morgan fingerprint density at radius 2 is 1.79 bits per heavy atom. The molecule has 0 fully saturated rings. The summed E-state index contributed by atoms with van der Waals surface area (Å²) in [5.74, 6) is -2.13. The van der Waals surface area contributed by atoms with Gasteiger partial charge in [-0.1, -0.05) is 24.3 Å². The Hall–Kier alpha value is -3.45. The Balaban J connectivity index is 1.58. The standard InChI is InChI=1S/C21H15NO5S/c23-16(11-15(21(25)26)22-20(24)19-6-3-9-28-19)12-7-8-18-14(10-12)13-4-1-2-5-17(13)27-18/h1-10,15H,11H2,(H,22,24)(H,25,26). The Kier molecular flexibility index (Phi) is 4.67. The second kappa shape index (κ2) is 7.28. The predicted molar refractivity (Wildman–Crippen MR) is 106 cm³/mol. The van der Waals surface area contributed by atoms with Crippen LogP contribution in [0.4, 0.5) is 0 Å². The van der Waals surface area contributed by atoms with E-state index < -0.39 is 17.9 Å². The van der Waals surface area contributed by atoms with Crippen LogP contribution in [0.3, 0.4) is 0 Å². The van der Waals surface area contributed by atoms with Crippen LogP contribution in [-0.4, -0.2) is 28.8 Å². The first-order chi connectivity index (χ1) is 13.5. The fourth-order valence-corrected chi connectivity index (χ4v) is 3.67. The summed E-state index contributed by atoms with van der Waals surface area (Å²) in [4.78, 5) is 36.8. The van der Waals surface area contributed by atoms with Crippen molar-refractivity contribution in [2.75, 3.05) is 0 Å². The number of aliphatic carboxylic acids is 1. The summed E-state index contributed by atoms with van der Waals surface area (Å²) in [6.07, 6.45) is -0.340. The molecule has 4 rings (SSSR count). The average Bonchev–Trinajstić information content (AvgIpc) is 3.34. The number of carbonyl (C=O) groups excluding carboxylic acids is 2. The lowest BCUT2D eigenvalue weighted by Crippen LogP contribution is -2.42. The summed E-state index contributed by atoms with van der Waals surface area (Å²) in [5.41, 5.74) is 1.74. The third kappa shape index (κ3) is 3.39. The number of benzene rings is 2. The van der Waals surface area contributed by atoms with E-state index in [1.54, 1.807) is 35.7 Å². The lowest BCUT2D eigenvalue weighted by atomic mass is 10.0. The predicted octanol–water partition coefficient (Wildman–Crippen LogP) is 4.10. The van der Waals surface area contributed by atoms with Gasteiger partial charge >= 0.3 is 5.97 Å². The lowest BCUT2D eigenvalue weighted by Gasteiger charge is -2.13. The van der Waals surface area contributed by atoms with E-state index in [0.717, 1.165) is 10.8 Å². The molecule has 0 saturated heterocycles. The molecule has 2 heterocycles. The summed E-state index contributed by atoms with van der Waals surface area (Å²) in [6.45, 7) is 0. The number of para-hydroxylation sites is 1. The van der Waals surface area contributed by atoms with Crippen LogP contribution < -0.4 is 5.32 Å². The molecule has 1 unspecified atom stereocenters. The fraction of sp³-hybridized carbons (Fsp3) is 0.0952. The second-order valence-corrected chi connectivity index (χ2v) is 7.23. The zero-order valence-corrected chi connectivity index (χ0v) is 15.4. The summed E-state index contributed by atoms with van der Waals surface area (Å²) in [7, 11) is 0. The van der Waals surface area contributed by atoms with E-state index in [9.17, 15) is 19.5 Å². The lowest BCUT2D eigenvalue weighted by molar-refractivity contribution is -0.139. The van der Waals surface area contributed by atoms with Gasteiger partial charge in [0.05, 0.1) is 4.88 Å². The number of Topliss-reactive ketones (excluding diaryl/α,β-unsaturated/α-hetero) is 1. The topological polar surface area (TPSA) is 96.6 Å². The zero-order chi connectivity index (χ0) is 19.7. The van der Waals surface area contributed by atoms with Gasteiger partial charge in [0.25, 0.3) is 5.91 Å². The van der Waals surface area contributed by atoms with E-state index in [1.807, 2.05) is 24.3 Å². The van der Waals surface area contributed by atoms with Crippen molar-refractivity contribution in [3.05, 3.63) is 70.4 Å². The first kappa shape index (κ1) is 17.9. The van der Waals surface area contributed by atoms with Gasteiger partial charge in [-0.3, -0.25) is 9.59 Å². The van der Waals surface area contributed by atoms with Crippen LogP contribution in [0.1, 0.15) is 26.5 Å². The summed E-state index contributed by atoms with van der Waals surface area (Å²) in [5, 5.41) is 15.2. The molecule has 0 spiro atoms. The van der Waals surface area contributed by atoms with Crippen LogP contribution in [0.2, 0.25) is 0 Å². The number of fused-ring (bicyclic) bond motifs is 3. The van der Waals surface area contributed by atoms with Gasteiger partial charge in [0, 0.05) is 22.8 Å². The molecule has 4 aromatic rings. The Morgan fingerprint density at radius 1 is 1.00 bits per heavy atom. The molecule has 0 bridgehead atoms. The molecule has 140 valence electrons. The SMILES string of the molecule is O=C(CC(NC(=O)c1cccs1)C(=O)O)c1ccc2oc3ccccc3c2c1. The van der Waals surface area contributed by atoms with E-state index in [-0.39, 0.29) is 12.2 Å². The molecule has 0 aliphatic heterocycles. The normalized spacial score (nSPS) is 12.1. The monoisotopic (exact) mass is 393 g/mol. The zero-order valence-electron chi connectivity index (χ0n) is 14.5. The third-order valence-corrected chi connectivity index (χ3v) is 5.31. The minimum atomic E-state index is -1.31. The number of thiophene rings is 1. The number of carboxylic acids is 1. The molecule has 2 aromatic carbocycles. The smallest absolute Gasteiger partial charge is 0.326 e. The maximum Gasteiger partial charge on any atom is 0.326 e. The summed E-state index contributed by atoms with van der Waals surface area (Å²) in [6, 6.07) is 14.5. The maximum absolute atomic E-state index is 12.7. The number of nitrogens with one attached hydrogen (secondary N) is 1. The molecule has 2 aromatic heterocycles. The highest BCUT2D eigenvalue weighted by atomic mass is 32.1. The van der Waals surface area contributed by atoms with E-state index in [4.69, 9.17) is 4.42 Å². The molecule has 28 heavy (non-hydrogen) atoms. The van der Waals surface area contributed by atoms with Crippen LogP contribution in [0.5, 0.6) is 0 Å². The number of ketones is 1. The van der Waals surface area contributed by atoms with Gasteiger partial charge in [-0.2, -0.15) is 0 Å². The molecule has 1 amide bonds. The van der Waals surface area contributed by atoms with Crippen LogP contribution >= 0.6 is 11.3 Å². The highest BCUT2D eigenvalue weighted by Gasteiger charge is 2.25. The fourth-order valence-electron chi connectivity index (χ4n) is 3.04. The van der Waals surface area contributed by atoms with Crippen molar-refractivity contribution in [3.63, 3.8) is 0 Å². The number of furan rings is 1. The molecule has 0 aliphatic carbocycles. The molecular weight excluding hydrogens is 378 g/mol. The van der Waals surface area contributed by atoms with Crippen molar-refractivity contribution < 1.29 is 23.9 Å². The highest BCUT2D eigenvalue weighted by Crippen LogP contribution is 2.29. The van der Waals surface area contributed by atoms with Crippen LogP contribution in [0.15, 0.2) is 64.4 Å². The Labute approximate surface area is 163 Å². The highest BCUT2D eigenvalue weighted by molar-refractivity contribution is 7.12. The van der Waals surface area contributed by atoms with Gasteiger partial charge < -0.3 is 14.8 Å². The van der Waals surface area contributed by atoms with E-state index in [0.29, 0.717) is 21.6 Å². The Bertz CT molecular complexity index is 1190. The molecule has 2 N–H and O–H groups in total. The van der Waals surface area contributed by atoms with Crippen LogP contribution in [-0.2, 0) is 4.79 Å². The largest absolute Gasteiger partial charge is 0.480 e. The summed E-state index contributed by atoms with van der Waals surface area (Å²) >= 11 is 1.20. The van der Waals surface area contributed by atoms with Crippen molar-refractivity contribution in [3.8, 4) is 0 Å². The van der Waals surface area contributed by atoms with Gasteiger partial charge in [-0.15, -0.1) is 11.3 Å². The van der Waals surface area contributed by atoms with Crippen molar-refractivity contribution >= 4 is 50.9 Å². The maximum atomic E-state index is 12.7. The molecule has 0 saturated carbocycles. The van der Waals surface area contributed by atoms with Gasteiger partial charge in [-0.05, 0) is 35.7 Å². The minimum absolute atomic E-state index is 0.340. The Morgan fingerprint density at radius 3 is 2.54 bits per heavy atom. The molecular formula is C21H15NO5S. The number of amides is 1. The van der Waals surface area contributed by atoms with Crippen molar-refractivity contribution in [1.82, 2.24) is 5.32 Å². The van der Waals surface area contributed by atoms with Crippen molar-refractivity contribution in [2.45, 2.75) is 12.5 Å². The van der Waals surface area contributed by atoms with E-state index >= 15 is 0 Å². The first-order valence-corrected chi connectivity index (χ1v) is 9.42. The molecule has 0 radical (unpaired) electrons. The van der Waals surface area contributed by atoms with Crippen LogP contribution in [0, 0.1) is 0 Å². The quantitative estimate of drug-likeness (QED) is 0.481. The van der Waals surface area contributed by atoms with Crippen LogP contribution in [0.25, 0.3) is 21.9 Å². The number of rotatable bonds is 6. The van der Waals surface area contributed by atoms with Gasteiger partial charge in [0.15, 0.2) is 5.78 Å². The molecule has 1 atom stereocenters. The second-order valence-electron chi connectivity index (χ2n) is 6.28. The molecule has 6 nitrogen and oxygen atoms in total. The average molecular weight is 393 g/mol. The number of hydrogen-bond acceptors (Lipinski definition) is 5. The van der Waals surface area contributed by atoms with Gasteiger partial charge in [0.2, 0.25) is 0 Å². The first-order valence-electron chi connectivity index (χ1n) is 8.54. The van der Waals surface area contributed by atoms with Gasteiger partial charge in [0.1, 0.15) is 17.2 Å².